The van der Waals surface area contributed by atoms with Crippen molar-refractivity contribution in [3.8, 4) is 28.5 Å². The van der Waals surface area contributed by atoms with Crippen molar-refractivity contribution >= 4 is 0 Å². The van der Waals surface area contributed by atoms with E-state index in [9.17, 15) is 4.39 Å². The minimum atomic E-state index is -0.526. The zero-order valence-electron chi connectivity index (χ0n) is 20.2. The van der Waals surface area contributed by atoms with E-state index in [-0.39, 0.29) is 6.61 Å². The lowest BCUT2D eigenvalue weighted by Crippen LogP contribution is -2.31. The van der Waals surface area contributed by atoms with Gasteiger partial charge in [-0.05, 0) is 68.1 Å². The quantitative estimate of drug-likeness (QED) is 0.352. The maximum Gasteiger partial charge on any atom is 0.161 e. The molecule has 1 aromatic heterocycles. The number of halogens is 1. The number of fused-ring (bicyclic) bond motifs is 1. The molecule has 34 heavy (non-hydrogen) atoms. The summed E-state index contributed by atoms with van der Waals surface area (Å²) in [7, 11) is 3.35. The van der Waals surface area contributed by atoms with Crippen molar-refractivity contribution in [3.63, 3.8) is 0 Å². The molecule has 182 valence electrons. The van der Waals surface area contributed by atoms with Crippen molar-refractivity contribution in [2.75, 3.05) is 40.6 Å². The molecule has 0 saturated heterocycles. The van der Waals surface area contributed by atoms with Crippen LogP contribution in [0.1, 0.15) is 35.3 Å². The fraction of sp³-hybridized carbons (Fsp3) is 0.444. The predicted octanol–water partition coefficient (Wildman–Crippen LogP) is 5.40. The van der Waals surface area contributed by atoms with Crippen LogP contribution in [0.25, 0.3) is 11.3 Å². The van der Waals surface area contributed by atoms with Crippen molar-refractivity contribution < 1.29 is 23.1 Å². The van der Waals surface area contributed by atoms with E-state index in [2.05, 4.69) is 22.2 Å². The standard InChI is InChI=1S/C27H33FN2O4/c1-19-7-8-25(33-13-10-28)23(14-19)24-17-22(34-29-24)6-4-5-11-30-12-9-20-15-26(31-2)27(32-3)16-21(20)18-30/h7-8,14-17H,4-6,9-13,18H2,1-3H3/i28-1. The summed E-state index contributed by atoms with van der Waals surface area (Å²) in [5.41, 5.74) is 5.31. The molecule has 0 spiro atoms. The lowest BCUT2D eigenvalue weighted by Gasteiger charge is -2.29. The summed E-state index contributed by atoms with van der Waals surface area (Å²) in [5.74, 6) is 3.07. The topological polar surface area (TPSA) is 57.0 Å². The van der Waals surface area contributed by atoms with E-state index in [1.165, 1.54) is 11.1 Å². The molecule has 0 N–H and O–H groups in total. The molecular weight excluding hydrogens is 434 g/mol. The van der Waals surface area contributed by atoms with Crippen molar-refractivity contribution in [1.29, 1.82) is 0 Å². The summed E-state index contributed by atoms with van der Waals surface area (Å²) in [6, 6.07) is 12.0. The van der Waals surface area contributed by atoms with Crippen LogP contribution in [0.2, 0.25) is 0 Å². The molecule has 6 nitrogen and oxygen atoms in total. The maximum absolute atomic E-state index is 12.6. The fourth-order valence-electron chi connectivity index (χ4n) is 4.44. The summed E-state index contributed by atoms with van der Waals surface area (Å²) >= 11 is 0. The highest BCUT2D eigenvalue weighted by Gasteiger charge is 2.19. The Morgan fingerprint density at radius 2 is 1.79 bits per heavy atom. The van der Waals surface area contributed by atoms with Gasteiger partial charge in [-0.15, -0.1) is 0 Å². The van der Waals surface area contributed by atoms with Crippen LogP contribution in [0.3, 0.4) is 0 Å². The number of aryl methyl sites for hydroxylation is 2. The summed E-state index contributed by atoms with van der Waals surface area (Å²) in [5, 5.41) is 4.24. The number of nitrogens with zero attached hydrogens (tertiary/aromatic N) is 2. The Labute approximate surface area is 200 Å². The number of unbranched alkanes of at least 4 members (excludes halogenated alkanes) is 1. The largest absolute Gasteiger partial charge is 0.493 e. The van der Waals surface area contributed by atoms with Crippen LogP contribution < -0.4 is 14.2 Å². The normalized spacial score (nSPS) is 13.5. The molecular formula is C27H33FN2O4. The van der Waals surface area contributed by atoms with Crippen molar-refractivity contribution in [2.24, 2.45) is 0 Å². The summed E-state index contributed by atoms with van der Waals surface area (Å²) in [6.45, 7) is 4.52. The Morgan fingerprint density at radius 1 is 1.00 bits per heavy atom. The molecule has 0 amide bonds. The van der Waals surface area contributed by atoms with Gasteiger partial charge < -0.3 is 18.7 Å². The van der Waals surface area contributed by atoms with Crippen molar-refractivity contribution in [2.45, 2.75) is 39.2 Å². The lowest BCUT2D eigenvalue weighted by atomic mass is 9.98. The first-order chi connectivity index (χ1) is 16.6. The minimum absolute atomic E-state index is 0.0298. The van der Waals surface area contributed by atoms with Crippen molar-refractivity contribution in [1.82, 2.24) is 10.1 Å². The van der Waals surface area contributed by atoms with Gasteiger partial charge in [0, 0.05) is 31.1 Å². The molecule has 3 aromatic rings. The smallest absolute Gasteiger partial charge is 0.161 e. The molecule has 0 bridgehead atoms. The van der Waals surface area contributed by atoms with Gasteiger partial charge in [-0.3, -0.25) is 4.90 Å². The van der Waals surface area contributed by atoms with Gasteiger partial charge in [0.1, 0.15) is 30.5 Å². The molecule has 0 aliphatic carbocycles. The Bertz CT molecular complexity index is 1100. The van der Waals surface area contributed by atoms with Gasteiger partial charge in [-0.1, -0.05) is 16.8 Å². The Hall–Kier alpha value is -3.06. The number of hydrogen-bond acceptors (Lipinski definition) is 6. The predicted molar refractivity (Wildman–Crippen MR) is 130 cm³/mol. The zero-order valence-corrected chi connectivity index (χ0v) is 20.2. The lowest BCUT2D eigenvalue weighted by molar-refractivity contribution is 0.246. The Balaban J connectivity index is 1.29. The molecule has 7 heteroatoms. The van der Waals surface area contributed by atoms with Gasteiger partial charge in [0.2, 0.25) is 0 Å². The van der Waals surface area contributed by atoms with Gasteiger partial charge in [-0.25, -0.2) is 4.39 Å². The minimum Gasteiger partial charge on any atom is -0.493 e. The average molecular weight is 468 g/mol. The number of methoxy groups -OCH3 is 2. The van der Waals surface area contributed by atoms with Gasteiger partial charge in [0.15, 0.2) is 11.5 Å². The highest BCUT2D eigenvalue weighted by Crippen LogP contribution is 2.34. The summed E-state index contributed by atoms with van der Waals surface area (Å²) in [4.78, 5) is 2.49. The van der Waals surface area contributed by atoms with Crippen LogP contribution in [-0.4, -0.2) is 50.6 Å². The second-order valence-electron chi connectivity index (χ2n) is 8.67. The highest BCUT2D eigenvalue weighted by atomic mass is 18.2. The molecule has 1 aliphatic heterocycles. The number of aromatic nitrogens is 1. The van der Waals surface area contributed by atoms with Crippen LogP contribution in [0.15, 0.2) is 40.9 Å². The summed E-state index contributed by atoms with van der Waals surface area (Å²) in [6.07, 6.45) is 3.94. The van der Waals surface area contributed by atoms with E-state index in [1.807, 2.05) is 31.2 Å². The molecule has 0 atom stereocenters. The molecule has 1 aliphatic rings. The summed E-state index contributed by atoms with van der Waals surface area (Å²) < 4.78 is 34.6. The van der Waals surface area contributed by atoms with E-state index in [0.717, 1.165) is 79.4 Å². The molecule has 2 aromatic carbocycles. The maximum atomic E-state index is 12.6. The number of rotatable bonds is 11. The van der Waals surface area contributed by atoms with Crippen LogP contribution in [0, 0.1) is 6.92 Å². The Morgan fingerprint density at radius 3 is 2.56 bits per heavy atom. The van der Waals surface area contributed by atoms with E-state index < -0.39 is 6.67 Å². The Kier molecular flexibility index (Phi) is 8.06. The molecule has 0 unspecified atom stereocenters. The van der Waals surface area contributed by atoms with Crippen molar-refractivity contribution in [3.05, 3.63) is 58.8 Å². The third kappa shape index (κ3) is 5.70. The third-order valence-electron chi connectivity index (χ3n) is 6.25. The van der Waals surface area contributed by atoms with E-state index in [0.29, 0.717) is 5.75 Å². The molecule has 0 radical (unpaired) electrons. The first-order valence-corrected chi connectivity index (χ1v) is 11.8. The van der Waals surface area contributed by atoms with Crippen LogP contribution >= 0.6 is 0 Å². The van der Waals surface area contributed by atoms with Crippen LogP contribution in [0.4, 0.5) is 4.39 Å². The first-order valence-electron chi connectivity index (χ1n) is 11.8. The van der Waals surface area contributed by atoms with E-state index in [4.69, 9.17) is 18.7 Å². The zero-order chi connectivity index (χ0) is 23.9. The molecule has 0 saturated carbocycles. The van der Waals surface area contributed by atoms with E-state index >= 15 is 0 Å². The van der Waals surface area contributed by atoms with Gasteiger partial charge in [0.25, 0.3) is 0 Å². The molecule has 0 fully saturated rings. The molecule has 2 heterocycles. The fourth-order valence-corrected chi connectivity index (χ4v) is 4.44. The molecule has 4 rings (SSSR count). The average Bonchev–Trinajstić information content (AvgIpc) is 3.33. The highest BCUT2D eigenvalue weighted by molar-refractivity contribution is 5.68. The number of ether oxygens (including phenoxy) is 3. The third-order valence-corrected chi connectivity index (χ3v) is 6.25. The van der Waals surface area contributed by atoms with Crippen LogP contribution in [0.5, 0.6) is 17.2 Å². The number of benzene rings is 2. The second kappa shape index (κ2) is 11.4. The second-order valence-corrected chi connectivity index (χ2v) is 8.67. The number of alkyl halides is 1. The van der Waals surface area contributed by atoms with Gasteiger partial charge in [-0.2, -0.15) is 0 Å². The first kappa shape index (κ1) is 24.1. The SMILES string of the molecule is COc1cc2c(cc1OC)CN(CCCCc1cc(-c3cc(C)ccc3OCC[18F])no1)CC2. The van der Waals surface area contributed by atoms with Gasteiger partial charge in [0.05, 0.1) is 14.2 Å². The van der Waals surface area contributed by atoms with E-state index in [1.54, 1.807) is 14.2 Å². The van der Waals surface area contributed by atoms with Gasteiger partial charge >= 0.3 is 0 Å². The van der Waals surface area contributed by atoms with Crippen LogP contribution in [-0.2, 0) is 19.4 Å². The monoisotopic (exact) mass is 467 g/mol. The number of hydrogen-bond donors (Lipinski definition) is 0.